The van der Waals surface area contributed by atoms with Crippen LogP contribution in [-0.4, -0.2) is 18.6 Å². The smallest absolute Gasteiger partial charge is 0.0194 e. The molecule has 2 heteroatoms. The Hall–Kier alpha value is -0.0800. The molecule has 0 spiro atoms. The number of hydrogen-bond acceptors (Lipinski definition) is 2. The van der Waals surface area contributed by atoms with E-state index in [4.69, 9.17) is 5.73 Å². The van der Waals surface area contributed by atoms with E-state index in [1.165, 1.54) is 19.3 Å². The van der Waals surface area contributed by atoms with Crippen LogP contribution in [0.25, 0.3) is 0 Å². The highest BCUT2D eigenvalue weighted by Gasteiger charge is 2.32. The van der Waals surface area contributed by atoms with E-state index in [0.717, 1.165) is 18.5 Å². The highest BCUT2D eigenvalue weighted by Crippen LogP contribution is 2.30. The zero-order chi connectivity index (χ0) is 6.27. The van der Waals surface area contributed by atoms with Gasteiger partial charge in [0.15, 0.2) is 0 Å². The molecule has 0 radical (unpaired) electrons. The van der Waals surface area contributed by atoms with E-state index in [9.17, 15) is 0 Å². The van der Waals surface area contributed by atoms with Gasteiger partial charge in [0, 0.05) is 18.6 Å². The molecule has 1 aliphatic heterocycles. The van der Waals surface area contributed by atoms with E-state index in [-0.39, 0.29) is 0 Å². The molecule has 2 fully saturated rings. The Labute approximate surface area is 55.8 Å². The molecule has 1 saturated heterocycles. The average Bonchev–Trinajstić information content (AvgIpc) is 2.25. The molecule has 1 saturated carbocycles. The number of hydrogen-bond donors (Lipinski definition) is 2. The quantitative estimate of drug-likeness (QED) is 0.482. The summed E-state index contributed by atoms with van der Waals surface area (Å²) in [6.07, 6.45) is 4.05. The minimum atomic E-state index is 0.448. The Morgan fingerprint density at radius 2 is 2.22 bits per heavy atom. The molecule has 1 aliphatic carbocycles. The van der Waals surface area contributed by atoms with E-state index in [1.54, 1.807) is 0 Å². The van der Waals surface area contributed by atoms with Gasteiger partial charge in [-0.3, -0.25) is 0 Å². The second-order valence-electron chi connectivity index (χ2n) is 3.34. The average molecular weight is 126 g/mol. The molecule has 0 aromatic heterocycles. The largest absolute Gasteiger partial charge is 0.326 e. The third-order valence-electron chi connectivity index (χ3n) is 2.72. The lowest BCUT2D eigenvalue weighted by Crippen LogP contribution is -2.46. The second-order valence-corrected chi connectivity index (χ2v) is 3.34. The van der Waals surface area contributed by atoms with Gasteiger partial charge in [0.25, 0.3) is 0 Å². The molecule has 3 atom stereocenters. The van der Waals surface area contributed by atoms with Gasteiger partial charge in [0.2, 0.25) is 0 Å². The Kier molecular flexibility index (Phi) is 1.24. The lowest BCUT2D eigenvalue weighted by Gasteiger charge is -2.26. The highest BCUT2D eigenvalue weighted by atomic mass is 15.0. The van der Waals surface area contributed by atoms with Crippen LogP contribution in [0.4, 0.5) is 0 Å². The molecule has 2 bridgehead atoms. The van der Waals surface area contributed by atoms with Crippen LogP contribution in [0.1, 0.15) is 19.3 Å². The monoisotopic (exact) mass is 126 g/mol. The van der Waals surface area contributed by atoms with Crippen LogP contribution < -0.4 is 11.1 Å². The molecule has 1 heterocycles. The van der Waals surface area contributed by atoms with Crippen LogP contribution in [0.5, 0.6) is 0 Å². The van der Waals surface area contributed by atoms with Crippen molar-refractivity contribution in [1.29, 1.82) is 0 Å². The topological polar surface area (TPSA) is 38.0 Å². The molecule has 9 heavy (non-hydrogen) atoms. The van der Waals surface area contributed by atoms with Gasteiger partial charge in [-0.1, -0.05) is 0 Å². The van der Waals surface area contributed by atoms with E-state index >= 15 is 0 Å². The minimum absolute atomic E-state index is 0.448. The lowest BCUT2D eigenvalue weighted by atomic mass is 9.96. The van der Waals surface area contributed by atoms with Crippen LogP contribution in [-0.2, 0) is 0 Å². The lowest BCUT2D eigenvalue weighted by molar-refractivity contribution is 0.341. The van der Waals surface area contributed by atoms with Crippen LogP contribution in [0.15, 0.2) is 0 Å². The van der Waals surface area contributed by atoms with Crippen LogP contribution >= 0.6 is 0 Å². The first-order valence-electron chi connectivity index (χ1n) is 3.85. The zero-order valence-electron chi connectivity index (χ0n) is 5.64. The molecule has 2 aliphatic rings. The number of rotatable bonds is 0. The maximum atomic E-state index is 5.85. The fourth-order valence-corrected chi connectivity index (χ4v) is 2.06. The van der Waals surface area contributed by atoms with Gasteiger partial charge in [-0.05, 0) is 25.2 Å². The third kappa shape index (κ3) is 0.864. The predicted molar refractivity (Wildman–Crippen MR) is 37.1 cm³/mol. The summed E-state index contributed by atoms with van der Waals surface area (Å²) < 4.78 is 0. The van der Waals surface area contributed by atoms with Gasteiger partial charge in [0.05, 0.1) is 0 Å². The van der Waals surface area contributed by atoms with Gasteiger partial charge in [-0.2, -0.15) is 0 Å². The molecule has 0 amide bonds. The maximum absolute atomic E-state index is 5.85. The van der Waals surface area contributed by atoms with Crippen molar-refractivity contribution in [2.75, 3.05) is 6.54 Å². The summed E-state index contributed by atoms with van der Waals surface area (Å²) in [5.74, 6) is 0.844. The first-order chi connectivity index (χ1) is 4.36. The number of nitrogens with one attached hydrogen (secondary N) is 1. The van der Waals surface area contributed by atoms with Gasteiger partial charge in [-0.25, -0.2) is 0 Å². The molecule has 3 N–H and O–H groups in total. The summed E-state index contributed by atoms with van der Waals surface area (Å²) >= 11 is 0. The van der Waals surface area contributed by atoms with Crippen molar-refractivity contribution >= 4 is 0 Å². The Bertz CT molecular complexity index is 113. The summed E-state index contributed by atoms with van der Waals surface area (Å²) in [4.78, 5) is 0. The first-order valence-corrected chi connectivity index (χ1v) is 3.85. The minimum Gasteiger partial charge on any atom is -0.326 e. The van der Waals surface area contributed by atoms with Crippen LogP contribution in [0, 0.1) is 5.92 Å². The van der Waals surface area contributed by atoms with Gasteiger partial charge in [0.1, 0.15) is 0 Å². The molecular formula is C7H14N2. The number of piperidine rings is 1. The standard InChI is InChI=1S/C7H14N2/c8-7-4-9-6-2-1-5(7)3-6/h5-7,9H,1-4,8H2/t5-,6+,7?/m1/s1. The number of nitrogens with two attached hydrogens (primary N) is 1. The summed E-state index contributed by atoms with van der Waals surface area (Å²) in [5.41, 5.74) is 5.85. The van der Waals surface area contributed by atoms with Crippen molar-refractivity contribution in [3.8, 4) is 0 Å². The number of fused-ring (bicyclic) bond motifs is 2. The van der Waals surface area contributed by atoms with Gasteiger partial charge >= 0.3 is 0 Å². The van der Waals surface area contributed by atoms with Crippen molar-refractivity contribution in [2.24, 2.45) is 11.7 Å². The van der Waals surface area contributed by atoms with E-state index in [0.29, 0.717) is 6.04 Å². The van der Waals surface area contributed by atoms with Crippen molar-refractivity contribution in [3.05, 3.63) is 0 Å². The molecule has 0 aromatic carbocycles. The predicted octanol–water partition coefficient (Wildman–Crippen LogP) is 0.0856. The highest BCUT2D eigenvalue weighted by molar-refractivity contribution is 4.92. The SMILES string of the molecule is NC1CN[C@H]2CC[C@@H]1C2. The van der Waals surface area contributed by atoms with Crippen molar-refractivity contribution in [2.45, 2.75) is 31.3 Å². The Morgan fingerprint density at radius 3 is 3.00 bits per heavy atom. The first kappa shape index (κ1) is 5.69. The van der Waals surface area contributed by atoms with E-state index < -0.39 is 0 Å². The van der Waals surface area contributed by atoms with Crippen LogP contribution in [0.3, 0.4) is 0 Å². The van der Waals surface area contributed by atoms with E-state index in [2.05, 4.69) is 5.32 Å². The van der Waals surface area contributed by atoms with Crippen LogP contribution in [0.2, 0.25) is 0 Å². The maximum Gasteiger partial charge on any atom is 0.0194 e. The second kappa shape index (κ2) is 1.96. The zero-order valence-corrected chi connectivity index (χ0v) is 5.64. The molecule has 1 unspecified atom stereocenters. The molecule has 52 valence electrons. The molecule has 2 nitrogen and oxygen atoms in total. The summed E-state index contributed by atoms with van der Waals surface area (Å²) in [5, 5.41) is 3.44. The van der Waals surface area contributed by atoms with Crippen molar-refractivity contribution in [3.63, 3.8) is 0 Å². The fraction of sp³-hybridized carbons (Fsp3) is 1.00. The third-order valence-corrected chi connectivity index (χ3v) is 2.72. The Morgan fingerprint density at radius 1 is 1.33 bits per heavy atom. The van der Waals surface area contributed by atoms with Crippen molar-refractivity contribution in [1.82, 2.24) is 5.32 Å². The summed E-state index contributed by atoms with van der Waals surface area (Å²) in [6, 6.07) is 1.26. The van der Waals surface area contributed by atoms with E-state index in [1.807, 2.05) is 0 Å². The van der Waals surface area contributed by atoms with Gasteiger partial charge in [-0.15, -0.1) is 0 Å². The van der Waals surface area contributed by atoms with Gasteiger partial charge < -0.3 is 11.1 Å². The summed E-state index contributed by atoms with van der Waals surface area (Å²) in [6.45, 7) is 1.05. The summed E-state index contributed by atoms with van der Waals surface area (Å²) in [7, 11) is 0. The Balaban J connectivity index is 2.05. The molecular weight excluding hydrogens is 112 g/mol. The normalized spacial score (nSPS) is 49.7. The molecule has 2 rings (SSSR count). The van der Waals surface area contributed by atoms with Crippen molar-refractivity contribution < 1.29 is 0 Å². The fourth-order valence-electron chi connectivity index (χ4n) is 2.06. The molecule has 0 aromatic rings.